The van der Waals surface area contributed by atoms with E-state index in [0.29, 0.717) is 19.3 Å². The SMILES string of the molecule is CCCCCCCC=NNC(=O)[C@H](CCC(=O)N/N=C/CCCCCCC)NC(=O)[C@H](CCC(=O)N/N=C\CCCCCCC)NC(=O)[C@H](CCCCNC(=O)C(=O)O)NC(=O)C(=O)O. The van der Waals surface area contributed by atoms with Crippen LogP contribution in [0.2, 0.25) is 0 Å². The van der Waals surface area contributed by atoms with Crippen LogP contribution in [0.1, 0.15) is 181 Å². The lowest BCUT2D eigenvalue weighted by Crippen LogP contribution is -2.57. The van der Waals surface area contributed by atoms with E-state index in [4.69, 9.17) is 5.11 Å². The summed E-state index contributed by atoms with van der Waals surface area (Å²) in [5.41, 5.74) is 7.20. The van der Waals surface area contributed by atoms with Gasteiger partial charge in [-0.3, -0.25) is 33.6 Å². The number of hydrogen-bond donors (Lipinski definition) is 9. The van der Waals surface area contributed by atoms with Crippen molar-refractivity contribution in [2.75, 3.05) is 6.54 Å². The Labute approximate surface area is 383 Å². The lowest BCUT2D eigenvalue weighted by molar-refractivity contribution is -0.151. The van der Waals surface area contributed by atoms with E-state index in [2.05, 4.69) is 73.6 Å². The zero-order chi connectivity index (χ0) is 48.5. The number of carboxylic acids is 2. The van der Waals surface area contributed by atoms with Gasteiger partial charge in [-0.15, -0.1) is 0 Å². The van der Waals surface area contributed by atoms with E-state index in [-0.39, 0.29) is 51.5 Å². The largest absolute Gasteiger partial charge is 0.474 e. The normalized spacial score (nSPS) is 12.6. The molecular weight excluding hydrogens is 845 g/mol. The number of carbonyl (C=O) groups is 9. The fraction of sp³-hybridized carbons (Fsp3) is 0.727. The molecular formula is C44H76N10O11. The summed E-state index contributed by atoms with van der Waals surface area (Å²) in [5, 5.41) is 39.2. The zero-order valence-electron chi connectivity index (χ0n) is 38.8. The molecule has 3 atom stereocenters. The second kappa shape index (κ2) is 39.8. The first-order chi connectivity index (χ1) is 31.3. The van der Waals surface area contributed by atoms with E-state index >= 15 is 0 Å². The molecule has 0 radical (unpaired) electrons. The van der Waals surface area contributed by atoms with Gasteiger partial charge in [-0.1, -0.05) is 97.8 Å². The molecule has 9 N–H and O–H groups in total. The lowest BCUT2D eigenvalue weighted by atomic mass is 10.0. The molecule has 65 heavy (non-hydrogen) atoms. The molecule has 0 aromatic carbocycles. The van der Waals surface area contributed by atoms with Crippen LogP contribution in [0.15, 0.2) is 15.3 Å². The monoisotopic (exact) mass is 921 g/mol. The number of carboxylic acid groups (broad SMARTS) is 2. The van der Waals surface area contributed by atoms with Gasteiger partial charge in [0, 0.05) is 38.0 Å². The van der Waals surface area contributed by atoms with Gasteiger partial charge in [0.15, 0.2) is 0 Å². The molecule has 0 bridgehead atoms. The summed E-state index contributed by atoms with van der Waals surface area (Å²) in [6, 6.07) is -4.43. The number of unbranched alkanes of at least 4 members (excludes halogenated alkanes) is 16. The van der Waals surface area contributed by atoms with Crippen molar-refractivity contribution in [3.8, 4) is 0 Å². The molecule has 7 amide bonds. The lowest BCUT2D eigenvalue weighted by Gasteiger charge is -2.25. The smallest absolute Gasteiger partial charge is 0.394 e. The Kier molecular flexibility index (Phi) is 36.3. The summed E-state index contributed by atoms with van der Waals surface area (Å²) < 4.78 is 0. The predicted octanol–water partition coefficient (Wildman–Crippen LogP) is 3.84. The van der Waals surface area contributed by atoms with Crippen molar-refractivity contribution in [3.05, 3.63) is 0 Å². The summed E-state index contributed by atoms with van der Waals surface area (Å²) in [5.74, 6) is -10.2. The number of rotatable bonds is 38. The topological polar surface area (TPSA) is 315 Å². The van der Waals surface area contributed by atoms with Gasteiger partial charge >= 0.3 is 23.8 Å². The second-order valence-corrected chi connectivity index (χ2v) is 15.7. The molecule has 0 aromatic heterocycles. The third-order valence-corrected chi connectivity index (χ3v) is 9.94. The Balaban J connectivity index is 6.22. The minimum atomic E-state index is -1.89. The highest BCUT2D eigenvalue weighted by molar-refractivity contribution is 6.32. The van der Waals surface area contributed by atoms with E-state index in [1.165, 1.54) is 6.21 Å². The molecule has 0 aliphatic carbocycles. The number of nitrogens with one attached hydrogen (secondary N) is 7. The van der Waals surface area contributed by atoms with Gasteiger partial charge in [-0.05, 0) is 70.6 Å². The van der Waals surface area contributed by atoms with Crippen molar-refractivity contribution in [2.45, 2.75) is 199 Å². The zero-order valence-corrected chi connectivity index (χ0v) is 38.8. The van der Waals surface area contributed by atoms with Crippen molar-refractivity contribution in [2.24, 2.45) is 15.3 Å². The third-order valence-electron chi connectivity index (χ3n) is 9.94. The molecule has 0 saturated heterocycles. The summed E-state index contributed by atoms with van der Waals surface area (Å²) in [4.78, 5) is 112. The van der Waals surface area contributed by atoms with Gasteiger partial charge < -0.3 is 31.5 Å². The molecule has 0 fully saturated rings. The summed E-state index contributed by atoms with van der Waals surface area (Å²) in [7, 11) is 0. The molecule has 0 rings (SSSR count). The fourth-order valence-corrected chi connectivity index (χ4v) is 6.12. The molecule has 0 saturated carbocycles. The Morgan fingerprint density at radius 3 is 1.23 bits per heavy atom. The van der Waals surface area contributed by atoms with Gasteiger partial charge in [0.2, 0.25) is 23.6 Å². The van der Waals surface area contributed by atoms with Gasteiger partial charge in [0.1, 0.15) is 18.1 Å². The average molecular weight is 921 g/mol. The number of nitrogens with zero attached hydrogens (tertiary/aromatic N) is 3. The highest BCUT2D eigenvalue weighted by Gasteiger charge is 2.31. The van der Waals surface area contributed by atoms with Crippen LogP contribution in [0.4, 0.5) is 0 Å². The summed E-state index contributed by atoms with van der Waals surface area (Å²) >= 11 is 0. The molecule has 0 aliphatic heterocycles. The Bertz CT molecular complexity index is 1540. The van der Waals surface area contributed by atoms with E-state index in [9.17, 15) is 48.3 Å². The first-order valence-corrected chi connectivity index (χ1v) is 23.3. The third kappa shape index (κ3) is 33.4. The first-order valence-electron chi connectivity index (χ1n) is 23.3. The maximum atomic E-state index is 14.0. The van der Waals surface area contributed by atoms with Crippen molar-refractivity contribution >= 4 is 71.9 Å². The van der Waals surface area contributed by atoms with Crippen LogP contribution in [0, 0.1) is 0 Å². The summed E-state index contributed by atoms with van der Waals surface area (Å²) in [6.45, 7) is 6.24. The quantitative estimate of drug-likeness (QED) is 0.0185. The summed E-state index contributed by atoms with van der Waals surface area (Å²) in [6.07, 6.45) is 21.1. The van der Waals surface area contributed by atoms with Crippen molar-refractivity contribution in [1.29, 1.82) is 0 Å². The molecule has 21 nitrogen and oxygen atoms in total. The number of carbonyl (C=O) groups excluding carboxylic acids is 7. The van der Waals surface area contributed by atoms with Crippen LogP contribution < -0.4 is 37.5 Å². The predicted molar refractivity (Wildman–Crippen MR) is 246 cm³/mol. The van der Waals surface area contributed by atoms with E-state index in [1.54, 1.807) is 12.4 Å². The molecule has 21 heteroatoms. The average Bonchev–Trinajstić information content (AvgIpc) is 3.27. The van der Waals surface area contributed by atoms with Crippen molar-refractivity contribution in [3.63, 3.8) is 0 Å². The Hall–Kier alpha value is -5.76. The molecule has 368 valence electrons. The number of hydrogen-bond acceptors (Lipinski definition) is 12. The maximum absolute atomic E-state index is 14.0. The minimum Gasteiger partial charge on any atom is -0.474 e. The number of amides is 7. The molecule has 0 unspecified atom stereocenters. The van der Waals surface area contributed by atoms with Gasteiger partial charge in [-0.2, -0.15) is 15.3 Å². The van der Waals surface area contributed by atoms with Gasteiger partial charge in [0.25, 0.3) is 5.91 Å². The van der Waals surface area contributed by atoms with Crippen LogP contribution in [0.25, 0.3) is 0 Å². The highest BCUT2D eigenvalue weighted by atomic mass is 16.4. The Morgan fingerprint density at radius 1 is 0.431 bits per heavy atom. The van der Waals surface area contributed by atoms with Gasteiger partial charge in [-0.25, -0.2) is 25.9 Å². The van der Waals surface area contributed by atoms with Crippen molar-refractivity contribution in [1.82, 2.24) is 37.5 Å². The first kappa shape index (κ1) is 59.2. The van der Waals surface area contributed by atoms with E-state index < -0.39 is 71.4 Å². The fourth-order valence-electron chi connectivity index (χ4n) is 6.12. The second-order valence-electron chi connectivity index (χ2n) is 15.7. The molecule has 0 aromatic rings. The van der Waals surface area contributed by atoms with Crippen LogP contribution in [0.3, 0.4) is 0 Å². The van der Waals surface area contributed by atoms with E-state index in [0.717, 1.165) is 96.3 Å². The maximum Gasteiger partial charge on any atom is 0.394 e. The molecule has 0 spiro atoms. The Morgan fingerprint density at radius 2 is 0.815 bits per heavy atom. The highest BCUT2D eigenvalue weighted by Crippen LogP contribution is 2.09. The standard InChI is InChI=1S/C44H76N10O11/c1-4-7-10-13-16-20-30-46-52-36(55)27-25-34(49-38(57)33(51-42(61)44(64)65)24-19-23-29-45-41(60)43(62)63)39(58)50-35(40(59)54-48-32-22-18-15-12-9-6-3)26-28-37(56)53-47-31-21-17-14-11-8-5-2/h30-35H,4-29H2,1-3H3,(H,45,60)(H,49,57)(H,50,58)(H,51,61)(H,52,55)(H,53,56)(H,54,59)(H,62,63)(H,64,65)/b46-30-,47-31+,48-32?/t33-,34-,35-/m0/s1. The van der Waals surface area contributed by atoms with Crippen molar-refractivity contribution < 1.29 is 53.4 Å². The van der Waals surface area contributed by atoms with Crippen LogP contribution in [0.5, 0.6) is 0 Å². The van der Waals surface area contributed by atoms with Crippen LogP contribution in [-0.2, 0) is 43.2 Å². The van der Waals surface area contributed by atoms with E-state index in [1.807, 2.05) is 0 Å². The minimum absolute atomic E-state index is 0.0837. The molecule has 0 heterocycles. The van der Waals surface area contributed by atoms with Crippen LogP contribution >= 0.6 is 0 Å². The number of hydrazone groups is 3. The van der Waals surface area contributed by atoms with Crippen LogP contribution in [-0.4, -0.2) is 107 Å². The molecule has 0 aliphatic rings. The number of aliphatic carboxylic acids is 2. The van der Waals surface area contributed by atoms with Gasteiger partial charge in [0.05, 0.1) is 0 Å².